The van der Waals surface area contributed by atoms with Gasteiger partial charge in [0.2, 0.25) is 0 Å². The molecule has 1 unspecified atom stereocenters. The van der Waals surface area contributed by atoms with E-state index in [1.54, 1.807) is 18.2 Å². The average Bonchev–Trinajstić information content (AvgIpc) is 2.76. The number of alkyl halides is 3. The summed E-state index contributed by atoms with van der Waals surface area (Å²) in [6.07, 6.45) is -1.25. The smallest absolute Gasteiger partial charge is 0.416 e. The van der Waals surface area contributed by atoms with E-state index >= 15 is 0 Å². The van der Waals surface area contributed by atoms with Crippen molar-refractivity contribution < 1.29 is 37.3 Å². The second kappa shape index (κ2) is 12.3. The fourth-order valence-corrected chi connectivity index (χ4v) is 3.10. The molecule has 0 aliphatic heterocycles. The fraction of sp³-hybridized carbons (Fsp3) is 0.458. The number of hydrogen-bond acceptors (Lipinski definition) is 4. The number of carbonyl (C=O) groups is 1. The van der Waals surface area contributed by atoms with Gasteiger partial charge in [0.1, 0.15) is 6.61 Å². The van der Waals surface area contributed by atoms with Crippen LogP contribution in [0.25, 0.3) is 0 Å². The molecular formula is C24H29F3O5. The highest BCUT2D eigenvalue weighted by Crippen LogP contribution is 2.31. The van der Waals surface area contributed by atoms with Gasteiger partial charge in [-0.2, -0.15) is 13.2 Å². The van der Waals surface area contributed by atoms with Crippen LogP contribution in [0.4, 0.5) is 13.2 Å². The van der Waals surface area contributed by atoms with Crippen molar-refractivity contribution in [3.8, 4) is 11.5 Å². The molecule has 0 spiro atoms. The first-order valence-corrected chi connectivity index (χ1v) is 10.5. The predicted octanol–water partition coefficient (Wildman–Crippen LogP) is 5.89. The van der Waals surface area contributed by atoms with Crippen molar-refractivity contribution >= 4 is 5.97 Å². The lowest BCUT2D eigenvalue weighted by Crippen LogP contribution is -2.26. The van der Waals surface area contributed by atoms with Gasteiger partial charge in [-0.15, -0.1) is 0 Å². The maximum absolute atomic E-state index is 12.7. The normalized spacial score (nSPS) is 12.4. The molecule has 0 radical (unpaired) electrons. The standard InChI is InChI=1S/C24H29F3O5/c1-3-4-5-6-13-31-22(23(28)29)15-18-9-12-20(30-2)21(14-18)32-16-17-7-10-19(11-8-17)24(25,26)27/h7-12,14,22H,3-6,13,15-16H2,1-2H3,(H,28,29). The van der Waals surface area contributed by atoms with Crippen molar-refractivity contribution in [1.82, 2.24) is 0 Å². The Hall–Kier alpha value is -2.74. The molecule has 5 nitrogen and oxygen atoms in total. The molecule has 2 aromatic rings. The largest absolute Gasteiger partial charge is 0.493 e. The minimum atomic E-state index is -4.39. The second-order valence-electron chi connectivity index (χ2n) is 7.43. The molecule has 32 heavy (non-hydrogen) atoms. The number of aliphatic carboxylic acids is 1. The summed E-state index contributed by atoms with van der Waals surface area (Å²) >= 11 is 0. The third kappa shape index (κ3) is 8.07. The van der Waals surface area contributed by atoms with Crippen molar-refractivity contribution in [3.05, 3.63) is 59.2 Å². The summed E-state index contributed by atoms with van der Waals surface area (Å²) in [6, 6.07) is 9.78. The van der Waals surface area contributed by atoms with E-state index < -0.39 is 23.8 Å². The Morgan fingerprint density at radius 2 is 1.69 bits per heavy atom. The Kier molecular flexibility index (Phi) is 9.84. The number of unbranched alkanes of at least 4 members (excludes halogenated alkanes) is 3. The molecule has 1 atom stereocenters. The Balaban J connectivity index is 2.03. The van der Waals surface area contributed by atoms with Crippen LogP contribution in [0.15, 0.2) is 42.5 Å². The van der Waals surface area contributed by atoms with Crippen LogP contribution < -0.4 is 9.47 Å². The summed E-state index contributed by atoms with van der Waals surface area (Å²) < 4.78 is 54.7. The zero-order valence-corrected chi connectivity index (χ0v) is 18.3. The summed E-state index contributed by atoms with van der Waals surface area (Å²) in [6.45, 7) is 2.51. The van der Waals surface area contributed by atoms with Gasteiger partial charge in [-0.25, -0.2) is 4.79 Å². The number of ether oxygens (including phenoxy) is 3. The van der Waals surface area contributed by atoms with E-state index in [1.165, 1.54) is 19.2 Å². The molecule has 176 valence electrons. The molecular weight excluding hydrogens is 425 g/mol. The molecule has 0 aliphatic carbocycles. The molecule has 8 heteroatoms. The van der Waals surface area contributed by atoms with Crippen LogP contribution in [0.1, 0.15) is 49.3 Å². The third-order valence-electron chi connectivity index (χ3n) is 4.92. The Labute approximate surface area is 186 Å². The average molecular weight is 454 g/mol. The van der Waals surface area contributed by atoms with Crippen LogP contribution in [0.2, 0.25) is 0 Å². The van der Waals surface area contributed by atoms with E-state index in [-0.39, 0.29) is 13.0 Å². The summed E-state index contributed by atoms with van der Waals surface area (Å²) in [4.78, 5) is 11.6. The quantitative estimate of drug-likeness (QED) is 0.383. The molecule has 0 heterocycles. The van der Waals surface area contributed by atoms with Crippen molar-refractivity contribution in [3.63, 3.8) is 0 Å². The minimum Gasteiger partial charge on any atom is -0.493 e. The number of rotatable bonds is 13. The summed E-state index contributed by atoms with van der Waals surface area (Å²) in [5.41, 5.74) is 0.522. The highest BCUT2D eigenvalue weighted by Gasteiger charge is 2.30. The molecule has 0 fully saturated rings. The Morgan fingerprint density at radius 3 is 2.28 bits per heavy atom. The molecule has 0 bridgehead atoms. The number of hydrogen-bond donors (Lipinski definition) is 1. The van der Waals surface area contributed by atoms with Crippen molar-refractivity contribution in [2.75, 3.05) is 13.7 Å². The van der Waals surface area contributed by atoms with Gasteiger partial charge < -0.3 is 19.3 Å². The van der Waals surface area contributed by atoms with Crippen LogP contribution in [0, 0.1) is 0 Å². The van der Waals surface area contributed by atoms with Gasteiger partial charge >= 0.3 is 12.1 Å². The van der Waals surface area contributed by atoms with Crippen LogP contribution in [-0.2, 0) is 28.7 Å². The van der Waals surface area contributed by atoms with E-state index in [9.17, 15) is 23.1 Å². The second-order valence-corrected chi connectivity index (χ2v) is 7.43. The van der Waals surface area contributed by atoms with Gasteiger partial charge in [-0.3, -0.25) is 0 Å². The monoisotopic (exact) mass is 454 g/mol. The van der Waals surface area contributed by atoms with Crippen molar-refractivity contribution in [2.24, 2.45) is 0 Å². The third-order valence-corrected chi connectivity index (χ3v) is 4.92. The van der Waals surface area contributed by atoms with E-state index in [4.69, 9.17) is 14.2 Å². The molecule has 1 N–H and O–H groups in total. The van der Waals surface area contributed by atoms with Crippen LogP contribution in [0.5, 0.6) is 11.5 Å². The lowest BCUT2D eigenvalue weighted by Gasteiger charge is -2.16. The number of carboxylic acids is 1. The number of halogens is 3. The first-order chi connectivity index (χ1) is 15.2. The van der Waals surface area contributed by atoms with E-state index in [0.717, 1.165) is 37.8 Å². The number of benzene rings is 2. The van der Waals surface area contributed by atoms with Crippen LogP contribution >= 0.6 is 0 Å². The molecule has 0 saturated carbocycles. The number of methoxy groups -OCH3 is 1. The first-order valence-electron chi connectivity index (χ1n) is 10.5. The highest BCUT2D eigenvalue weighted by atomic mass is 19.4. The summed E-state index contributed by atoms with van der Waals surface area (Å²) in [5, 5.41) is 9.48. The topological polar surface area (TPSA) is 65.0 Å². The molecule has 0 aromatic heterocycles. The van der Waals surface area contributed by atoms with Gasteiger partial charge in [0, 0.05) is 13.0 Å². The zero-order valence-electron chi connectivity index (χ0n) is 18.3. The van der Waals surface area contributed by atoms with Gasteiger partial charge in [0.05, 0.1) is 12.7 Å². The Bertz CT molecular complexity index is 850. The Morgan fingerprint density at radius 1 is 1.00 bits per heavy atom. The maximum atomic E-state index is 12.7. The van der Waals surface area contributed by atoms with Crippen molar-refractivity contribution in [1.29, 1.82) is 0 Å². The van der Waals surface area contributed by atoms with E-state index in [2.05, 4.69) is 6.92 Å². The van der Waals surface area contributed by atoms with Gasteiger partial charge in [-0.05, 0) is 41.8 Å². The van der Waals surface area contributed by atoms with E-state index in [1.807, 2.05) is 0 Å². The van der Waals surface area contributed by atoms with Gasteiger partial charge in [-0.1, -0.05) is 44.4 Å². The predicted molar refractivity (Wildman–Crippen MR) is 114 cm³/mol. The lowest BCUT2D eigenvalue weighted by molar-refractivity contribution is -0.150. The molecule has 0 amide bonds. The minimum absolute atomic E-state index is 0.0360. The highest BCUT2D eigenvalue weighted by molar-refractivity contribution is 5.72. The first kappa shape index (κ1) is 25.5. The van der Waals surface area contributed by atoms with Gasteiger partial charge in [0.15, 0.2) is 17.6 Å². The molecule has 0 saturated heterocycles. The number of carboxylic acid groups (broad SMARTS) is 1. The summed E-state index contributed by atoms with van der Waals surface area (Å²) in [5.74, 6) is -0.228. The lowest BCUT2D eigenvalue weighted by atomic mass is 10.1. The van der Waals surface area contributed by atoms with E-state index in [0.29, 0.717) is 29.2 Å². The van der Waals surface area contributed by atoms with Crippen molar-refractivity contribution in [2.45, 2.75) is 57.9 Å². The van der Waals surface area contributed by atoms with Gasteiger partial charge in [0.25, 0.3) is 0 Å². The zero-order chi connectivity index (χ0) is 23.6. The van der Waals surface area contributed by atoms with Crippen LogP contribution in [0.3, 0.4) is 0 Å². The molecule has 2 aromatic carbocycles. The maximum Gasteiger partial charge on any atom is 0.416 e. The molecule has 0 aliphatic rings. The summed E-state index contributed by atoms with van der Waals surface area (Å²) in [7, 11) is 1.47. The fourth-order valence-electron chi connectivity index (χ4n) is 3.10. The molecule has 2 rings (SSSR count). The van der Waals surface area contributed by atoms with Crippen LogP contribution in [-0.4, -0.2) is 30.9 Å². The SMILES string of the molecule is CCCCCCOC(Cc1ccc(OC)c(OCc2ccc(C(F)(F)F)cc2)c1)C(=O)O.